The number of anilines is 1. The maximum Gasteiger partial charge on any atom is 0.147 e. The molecule has 0 N–H and O–H groups in total. The molecule has 0 bridgehead atoms. The summed E-state index contributed by atoms with van der Waals surface area (Å²) in [6.45, 7) is 2.88. The highest BCUT2D eigenvalue weighted by Crippen LogP contribution is 2.40. The fourth-order valence-electron chi connectivity index (χ4n) is 3.77. The molecule has 0 spiro atoms. The molecule has 0 radical (unpaired) electrons. The molecular formula is C26H24ClF2N3S. The molecule has 33 heavy (non-hydrogen) atoms. The Bertz CT molecular complexity index is 1180. The third-order valence-electron chi connectivity index (χ3n) is 5.44. The number of benzene rings is 3. The zero-order valence-electron chi connectivity index (χ0n) is 18.2. The lowest BCUT2D eigenvalue weighted by Crippen LogP contribution is -2.21. The number of imidazole rings is 1. The largest absolute Gasteiger partial charge is 0.337 e. The van der Waals surface area contributed by atoms with E-state index in [9.17, 15) is 8.78 Å². The Morgan fingerprint density at radius 3 is 2.61 bits per heavy atom. The van der Waals surface area contributed by atoms with Crippen LogP contribution in [0.4, 0.5) is 14.5 Å². The first kappa shape index (κ1) is 23.3. The molecule has 1 unspecified atom stereocenters. The zero-order valence-corrected chi connectivity index (χ0v) is 19.7. The summed E-state index contributed by atoms with van der Waals surface area (Å²) in [7, 11) is 0. The van der Waals surface area contributed by atoms with Crippen LogP contribution in [0.3, 0.4) is 0 Å². The van der Waals surface area contributed by atoms with Crippen molar-refractivity contribution in [3.63, 3.8) is 0 Å². The average molecular weight is 484 g/mol. The number of aromatic nitrogens is 2. The molecule has 0 fully saturated rings. The number of hydrogen-bond acceptors (Lipinski definition) is 3. The van der Waals surface area contributed by atoms with Crippen LogP contribution in [0.25, 0.3) is 0 Å². The van der Waals surface area contributed by atoms with Crippen molar-refractivity contribution in [2.24, 2.45) is 0 Å². The zero-order chi connectivity index (χ0) is 23.2. The van der Waals surface area contributed by atoms with Crippen molar-refractivity contribution >= 4 is 29.2 Å². The van der Waals surface area contributed by atoms with Crippen molar-refractivity contribution in [3.8, 4) is 0 Å². The molecule has 4 rings (SSSR count). The van der Waals surface area contributed by atoms with Gasteiger partial charge in [-0.2, -0.15) is 0 Å². The normalized spacial score (nSPS) is 12.0. The van der Waals surface area contributed by atoms with Gasteiger partial charge in [-0.15, -0.1) is 0 Å². The van der Waals surface area contributed by atoms with E-state index in [2.05, 4.69) is 21.7 Å². The van der Waals surface area contributed by atoms with Gasteiger partial charge in [0.15, 0.2) is 0 Å². The van der Waals surface area contributed by atoms with Gasteiger partial charge >= 0.3 is 0 Å². The van der Waals surface area contributed by atoms with Crippen molar-refractivity contribution < 1.29 is 8.78 Å². The second-order valence-corrected chi connectivity index (χ2v) is 9.23. The third kappa shape index (κ3) is 5.95. The van der Waals surface area contributed by atoms with Crippen LogP contribution in [0.2, 0.25) is 5.02 Å². The molecule has 0 saturated heterocycles. The lowest BCUT2D eigenvalue weighted by Gasteiger charge is -2.32. The number of nitrogens with zero attached hydrogens (tertiary/aromatic N) is 3. The highest BCUT2D eigenvalue weighted by molar-refractivity contribution is 8.00. The van der Waals surface area contributed by atoms with Gasteiger partial charge in [0.2, 0.25) is 0 Å². The summed E-state index contributed by atoms with van der Waals surface area (Å²) in [5.74, 6) is -0.948. The van der Waals surface area contributed by atoms with Gasteiger partial charge in [-0.05, 0) is 79.2 Å². The van der Waals surface area contributed by atoms with Crippen LogP contribution in [0, 0.1) is 11.6 Å². The SMILES string of the molecule is CC(c1ccccc1CCCn1ccnc1)N(Sc1ccc(Cl)cc1)c1cc(F)ccc1F. The smallest absolute Gasteiger partial charge is 0.147 e. The summed E-state index contributed by atoms with van der Waals surface area (Å²) >= 11 is 7.40. The molecule has 1 aromatic heterocycles. The van der Waals surface area contributed by atoms with Crippen LogP contribution in [0.1, 0.15) is 30.5 Å². The molecule has 0 amide bonds. The Kier molecular flexibility index (Phi) is 7.68. The van der Waals surface area contributed by atoms with Crippen molar-refractivity contribution in [1.82, 2.24) is 9.55 Å². The Morgan fingerprint density at radius 2 is 1.85 bits per heavy atom. The summed E-state index contributed by atoms with van der Waals surface area (Å²) < 4.78 is 32.9. The predicted octanol–water partition coefficient (Wildman–Crippen LogP) is 7.72. The van der Waals surface area contributed by atoms with E-state index < -0.39 is 11.6 Å². The van der Waals surface area contributed by atoms with Crippen LogP contribution < -0.4 is 4.31 Å². The lowest BCUT2D eigenvalue weighted by atomic mass is 9.97. The molecular weight excluding hydrogens is 460 g/mol. The number of hydrogen-bond donors (Lipinski definition) is 0. The molecule has 170 valence electrons. The maximum atomic E-state index is 14.9. The van der Waals surface area contributed by atoms with Gasteiger partial charge in [0.25, 0.3) is 0 Å². The van der Waals surface area contributed by atoms with E-state index in [0.29, 0.717) is 5.02 Å². The summed E-state index contributed by atoms with van der Waals surface area (Å²) in [5, 5.41) is 0.624. The standard InChI is InChI=1S/C26H24ClF2N3S/c1-19(24-7-3-2-5-20(24)6-4-15-31-16-14-30-18-31)32(26-17-22(28)10-13-25(26)29)33-23-11-8-21(27)9-12-23/h2-3,5,7-14,16-19H,4,6,15H2,1H3. The minimum Gasteiger partial charge on any atom is -0.337 e. The fourth-order valence-corrected chi connectivity index (χ4v) is 4.89. The first-order valence-electron chi connectivity index (χ1n) is 10.7. The first-order valence-corrected chi connectivity index (χ1v) is 11.9. The third-order valence-corrected chi connectivity index (χ3v) is 6.89. The monoisotopic (exact) mass is 483 g/mol. The van der Waals surface area contributed by atoms with Gasteiger partial charge in [-0.25, -0.2) is 13.8 Å². The van der Waals surface area contributed by atoms with E-state index >= 15 is 0 Å². The average Bonchev–Trinajstić information content (AvgIpc) is 3.34. The van der Waals surface area contributed by atoms with Crippen LogP contribution in [-0.4, -0.2) is 9.55 Å². The second-order valence-electron chi connectivity index (χ2n) is 7.75. The molecule has 3 nitrogen and oxygen atoms in total. The van der Waals surface area contributed by atoms with E-state index in [1.54, 1.807) is 18.3 Å². The Morgan fingerprint density at radius 1 is 1.06 bits per heavy atom. The van der Waals surface area contributed by atoms with E-state index in [1.165, 1.54) is 29.6 Å². The van der Waals surface area contributed by atoms with Crippen molar-refractivity contribution in [1.29, 1.82) is 0 Å². The van der Waals surface area contributed by atoms with Gasteiger partial charge in [-0.3, -0.25) is 0 Å². The predicted molar refractivity (Wildman–Crippen MR) is 132 cm³/mol. The van der Waals surface area contributed by atoms with Crippen LogP contribution >= 0.6 is 23.5 Å². The minimum absolute atomic E-state index is 0.204. The topological polar surface area (TPSA) is 21.1 Å². The second kappa shape index (κ2) is 10.9. The molecule has 7 heteroatoms. The molecule has 0 aliphatic heterocycles. The van der Waals surface area contributed by atoms with E-state index in [4.69, 9.17) is 11.6 Å². The van der Waals surface area contributed by atoms with Crippen molar-refractivity contribution in [3.05, 3.63) is 113 Å². The summed E-state index contributed by atoms with van der Waals surface area (Å²) in [4.78, 5) is 4.97. The number of halogens is 3. The minimum atomic E-state index is -0.478. The van der Waals surface area contributed by atoms with Crippen molar-refractivity contribution in [2.45, 2.75) is 37.2 Å². The molecule has 1 atom stereocenters. The molecule has 1 heterocycles. The van der Waals surface area contributed by atoms with Gasteiger partial charge in [0, 0.05) is 34.9 Å². The maximum absolute atomic E-state index is 14.9. The van der Waals surface area contributed by atoms with Gasteiger partial charge < -0.3 is 8.87 Å². The Labute approximate surface area is 202 Å². The lowest BCUT2D eigenvalue weighted by molar-refractivity contribution is 0.596. The highest BCUT2D eigenvalue weighted by Gasteiger charge is 2.23. The summed E-state index contributed by atoms with van der Waals surface area (Å²) in [6.07, 6.45) is 7.34. The molecule has 0 aliphatic carbocycles. The summed E-state index contributed by atoms with van der Waals surface area (Å²) in [6, 6.07) is 18.8. The van der Waals surface area contributed by atoms with Gasteiger partial charge in [-0.1, -0.05) is 35.9 Å². The highest BCUT2D eigenvalue weighted by atomic mass is 35.5. The van der Waals surface area contributed by atoms with E-state index in [1.807, 2.05) is 48.0 Å². The van der Waals surface area contributed by atoms with Crippen LogP contribution in [0.15, 0.2) is 90.3 Å². The molecule has 0 saturated carbocycles. The van der Waals surface area contributed by atoms with E-state index in [-0.39, 0.29) is 11.7 Å². The Hall–Kier alpha value is -2.83. The Balaban J connectivity index is 1.64. The quantitative estimate of drug-likeness (QED) is 0.227. The number of aryl methyl sites for hydroxylation is 2. The van der Waals surface area contributed by atoms with Gasteiger partial charge in [0.1, 0.15) is 11.6 Å². The molecule has 0 aliphatic rings. The fraction of sp³-hybridized carbons (Fsp3) is 0.192. The van der Waals surface area contributed by atoms with Crippen molar-refractivity contribution in [2.75, 3.05) is 4.31 Å². The van der Waals surface area contributed by atoms with Crippen LogP contribution in [0.5, 0.6) is 0 Å². The molecule has 3 aromatic carbocycles. The van der Waals surface area contributed by atoms with E-state index in [0.717, 1.165) is 35.9 Å². The van der Waals surface area contributed by atoms with Gasteiger partial charge in [0.05, 0.1) is 18.1 Å². The number of rotatable bonds is 9. The molecule has 4 aromatic rings. The van der Waals surface area contributed by atoms with Crippen LogP contribution in [-0.2, 0) is 13.0 Å². The first-order chi connectivity index (χ1) is 16.0. The summed E-state index contributed by atoms with van der Waals surface area (Å²) in [5.41, 5.74) is 2.47.